The minimum atomic E-state index is 0.481. The van der Waals surface area contributed by atoms with Crippen LogP contribution in [0.4, 0.5) is 0 Å². The van der Waals surface area contributed by atoms with Gasteiger partial charge in [0.2, 0.25) is 5.89 Å². The van der Waals surface area contributed by atoms with Gasteiger partial charge in [-0.2, -0.15) is 0 Å². The number of benzene rings is 2. The molecule has 0 aliphatic heterocycles. The highest BCUT2D eigenvalue weighted by Crippen LogP contribution is 2.33. The third kappa shape index (κ3) is 2.43. The van der Waals surface area contributed by atoms with E-state index in [0.29, 0.717) is 23.9 Å². The maximum atomic E-state index is 5.78. The number of oxazole rings is 1. The van der Waals surface area contributed by atoms with Crippen LogP contribution < -0.4 is 15.2 Å². The molecular weight excluding hydrogens is 268 g/mol. The first-order valence-electron chi connectivity index (χ1n) is 6.57. The van der Waals surface area contributed by atoms with Crippen LogP contribution in [0.1, 0.15) is 5.56 Å². The molecule has 0 unspecified atom stereocenters. The Hall–Kier alpha value is -2.53. The Kier molecular flexibility index (Phi) is 3.50. The molecular formula is C16H16N2O3. The summed E-state index contributed by atoms with van der Waals surface area (Å²) in [6.45, 7) is 0.481. The quantitative estimate of drug-likeness (QED) is 0.797. The number of methoxy groups -OCH3 is 2. The van der Waals surface area contributed by atoms with Crippen LogP contribution in [0.15, 0.2) is 40.8 Å². The fourth-order valence-corrected chi connectivity index (χ4v) is 2.19. The summed E-state index contributed by atoms with van der Waals surface area (Å²) in [5.74, 6) is 1.85. The summed E-state index contributed by atoms with van der Waals surface area (Å²) in [5, 5.41) is 0. The molecule has 0 spiro atoms. The normalized spacial score (nSPS) is 10.8. The fraction of sp³-hybridized carbons (Fsp3) is 0.188. The Morgan fingerprint density at radius 1 is 1.05 bits per heavy atom. The van der Waals surface area contributed by atoms with Gasteiger partial charge in [0, 0.05) is 12.1 Å². The second kappa shape index (κ2) is 5.46. The van der Waals surface area contributed by atoms with Gasteiger partial charge in [-0.15, -0.1) is 0 Å². The van der Waals surface area contributed by atoms with E-state index in [1.807, 2.05) is 36.4 Å². The van der Waals surface area contributed by atoms with E-state index >= 15 is 0 Å². The number of hydrogen-bond acceptors (Lipinski definition) is 5. The molecule has 0 bridgehead atoms. The van der Waals surface area contributed by atoms with E-state index in [0.717, 1.165) is 22.2 Å². The number of nitrogens with zero attached hydrogens (tertiary/aromatic N) is 1. The first-order chi connectivity index (χ1) is 10.2. The van der Waals surface area contributed by atoms with Crippen LogP contribution in [0.5, 0.6) is 11.5 Å². The predicted octanol–water partition coefficient (Wildman–Crippen LogP) is 2.97. The molecule has 0 atom stereocenters. The van der Waals surface area contributed by atoms with Gasteiger partial charge in [0.1, 0.15) is 5.52 Å². The van der Waals surface area contributed by atoms with Crippen molar-refractivity contribution < 1.29 is 13.9 Å². The highest BCUT2D eigenvalue weighted by molar-refractivity contribution is 5.77. The van der Waals surface area contributed by atoms with Crippen LogP contribution in [-0.4, -0.2) is 19.2 Å². The van der Waals surface area contributed by atoms with Crippen molar-refractivity contribution >= 4 is 11.1 Å². The highest BCUT2D eigenvalue weighted by atomic mass is 16.5. The third-order valence-electron chi connectivity index (χ3n) is 3.32. The van der Waals surface area contributed by atoms with Gasteiger partial charge in [-0.1, -0.05) is 6.07 Å². The zero-order valence-corrected chi connectivity index (χ0v) is 11.9. The number of fused-ring (bicyclic) bond motifs is 1. The SMILES string of the molecule is COc1ccc(-c2nc3cc(CN)ccc3o2)cc1OC. The van der Waals surface area contributed by atoms with E-state index in [2.05, 4.69) is 4.98 Å². The van der Waals surface area contributed by atoms with E-state index < -0.39 is 0 Å². The molecule has 1 aromatic heterocycles. The van der Waals surface area contributed by atoms with Crippen LogP contribution in [0.2, 0.25) is 0 Å². The minimum Gasteiger partial charge on any atom is -0.493 e. The van der Waals surface area contributed by atoms with Gasteiger partial charge < -0.3 is 19.6 Å². The van der Waals surface area contributed by atoms with Crippen LogP contribution in [0.25, 0.3) is 22.6 Å². The summed E-state index contributed by atoms with van der Waals surface area (Å²) in [4.78, 5) is 4.50. The van der Waals surface area contributed by atoms with Gasteiger partial charge >= 0.3 is 0 Å². The lowest BCUT2D eigenvalue weighted by Gasteiger charge is -2.07. The number of ether oxygens (including phenoxy) is 2. The van der Waals surface area contributed by atoms with Gasteiger partial charge in [-0.3, -0.25) is 0 Å². The number of nitrogens with two attached hydrogens (primary N) is 1. The zero-order chi connectivity index (χ0) is 14.8. The Bertz CT molecular complexity index is 780. The first-order valence-corrected chi connectivity index (χ1v) is 6.57. The summed E-state index contributed by atoms with van der Waals surface area (Å²) in [5.41, 5.74) is 9.02. The largest absolute Gasteiger partial charge is 0.493 e. The van der Waals surface area contributed by atoms with Crippen molar-refractivity contribution in [2.75, 3.05) is 14.2 Å². The average Bonchev–Trinajstić information content (AvgIpc) is 2.96. The fourth-order valence-electron chi connectivity index (χ4n) is 2.19. The molecule has 1 heterocycles. The summed E-state index contributed by atoms with van der Waals surface area (Å²) >= 11 is 0. The monoisotopic (exact) mass is 284 g/mol. The Morgan fingerprint density at radius 2 is 1.86 bits per heavy atom. The lowest BCUT2D eigenvalue weighted by atomic mass is 10.2. The predicted molar refractivity (Wildman–Crippen MR) is 80.4 cm³/mol. The van der Waals surface area contributed by atoms with Crippen molar-refractivity contribution in [1.82, 2.24) is 4.98 Å². The molecule has 2 aromatic carbocycles. The van der Waals surface area contributed by atoms with Crippen molar-refractivity contribution in [3.8, 4) is 23.0 Å². The Labute approximate surface area is 122 Å². The molecule has 0 fully saturated rings. The average molecular weight is 284 g/mol. The second-order valence-corrected chi connectivity index (χ2v) is 4.59. The van der Waals surface area contributed by atoms with Crippen molar-refractivity contribution in [3.05, 3.63) is 42.0 Å². The number of hydrogen-bond donors (Lipinski definition) is 1. The summed E-state index contributed by atoms with van der Waals surface area (Å²) in [7, 11) is 3.20. The molecule has 0 aliphatic carbocycles. The van der Waals surface area contributed by atoms with E-state index in [4.69, 9.17) is 19.6 Å². The van der Waals surface area contributed by atoms with Gasteiger partial charge in [0.05, 0.1) is 14.2 Å². The van der Waals surface area contributed by atoms with Crippen LogP contribution >= 0.6 is 0 Å². The molecule has 5 heteroatoms. The summed E-state index contributed by atoms with van der Waals surface area (Å²) in [6, 6.07) is 11.3. The second-order valence-electron chi connectivity index (χ2n) is 4.59. The highest BCUT2D eigenvalue weighted by Gasteiger charge is 2.12. The zero-order valence-electron chi connectivity index (χ0n) is 11.9. The maximum absolute atomic E-state index is 5.78. The maximum Gasteiger partial charge on any atom is 0.227 e. The number of aromatic nitrogens is 1. The molecule has 0 saturated carbocycles. The molecule has 21 heavy (non-hydrogen) atoms. The number of rotatable bonds is 4. The Morgan fingerprint density at radius 3 is 2.57 bits per heavy atom. The summed E-state index contributed by atoms with van der Waals surface area (Å²) in [6.07, 6.45) is 0. The molecule has 5 nitrogen and oxygen atoms in total. The molecule has 0 amide bonds. The molecule has 0 saturated heterocycles. The van der Waals surface area contributed by atoms with Gasteiger partial charge in [0.25, 0.3) is 0 Å². The third-order valence-corrected chi connectivity index (χ3v) is 3.32. The molecule has 108 valence electrons. The Balaban J connectivity index is 2.07. The lowest BCUT2D eigenvalue weighted by molar-refractivity contribution is 0.355. The van der Waals surface area contributed by atoms with Crippen molar-refractivity contribution in [1.29, 1.82) is 0 Å². The van der Waals surface area contributed by atoms with Crippen LogP contribution in [0.3, 0.4) is 0 Å². The molecule has 3 rings (SSSR count). The van der Waals surface area contributed by atoms with Crippen molar-refractivity contribution in [3.63, 3.8) is 0 Å². The van der Waals surface area contributed by atoms with Gasteiger partial charge in [-0.25, -0.2) is 4.98 Å². The molecule has 0 radical (unpaired) electrons. The molecule has 3 aromatic rings. The van der Waals surface area contributed by atoms with Crippen LogP contribution in [0, 0.1) is 0 Å². The topological polar surface area (TPSA) is 70.5 Å². The summed E-state index contributed by atoms with van der Waals surface area (Å²) < 4.78 is 16.3. The van der Waals surface area contributed by atoms with Crippen molar-refractivity contribution in [2.24, 2.45) is 5.73 Å². The van der Waals surface area contributed by atoms with E-state index in [-0.39, 0.29) is 0 Å². The van der Waals surface area contributed by atoms with Crippen molar-refractivity contribution in [2.45, 2.75) is 6.54 Å². The molecule has 2 N–H and O–H groups in total. The minimum absolute atomic E-state index is 0.481. The van der Waals surface area contributed by atoms with Gasteiger partial charge in [0.15, 0.2) is 17.1 Å². The standard InChI is InChI=1S/C16H16N2O3/c1-19-14-6-4-11(8-15(14)20-2)16-18-12-7-10(9-17)3-5-13(12)21-16/h3-8H,9,17H2,1-2H3. The van der Waals surface area contributed by atoms with Crippen LogP contribution in [-0.2, 0) is 6.54 Å². The molecule has 0 aliphatic rings. The lowest BCUT2D eigenvalue weighted by Crippen LogP contribution is -1.94. The van der Waals surface area contributed by atoms with E-state index in [9.17, 15) is 0 Å². The van der Waals surface area contributed by atoms with E-state index in [1.54, 1.807) is 14.2 Å². The first kappa shape index (κ1) is 13.5. The van der Waals surface area contributed by atoms with E-state index in [1.165, 1.54) is 0 Å². The smallest absolute Gasteiger partial charge is 0.227 e. The van der Waals surface area contributed by atoms with Gasteiger partial charge in [-0.05, 0) is 35.9 Å².